The first-order chi connectivity index (χ1) is 14.2. The lowest BCUT2D eigenvalue weighted by atomic mass is 10.2. The number of aromatic nitrogens is 1. The van der Waals surface area contributed by atoms with Crippen LogP contribution in [0.15, 0.2) is 47.5 Å². The Balaban J connectivity index is 1.38. The molecule has 3 heterocycles. The maximum atomic E-state index is 12.8. The quantitative estimate of drug-likeness (QED) is 0.737. The lowest BCUT2D eigenvalue weighted by Crippen LogP contribution is -2.29. The summed E-state index contributed by atoms with van der Waals surface area (Å²) < 4.78 is 0. The second kappa shape index (κ2) is 9.31. The van der Waals surface area contributed by atoms with Crippen molar-refractivity contribution in [3.63, 3.8) is 0 Å². The van der Waals surface area contributed by atoms with Crippen molar-refractivity contribution in [2.24, 2.45) is 0 Å². The molecule has 0 atom stereocenters. The van der Waals surface area contributed by atoms with Crippen LogP contribution in [0.2, 0.25) is 0 Å². The number of amides is 2. The number of carbonyl (C=O) groups excluding carboxylic acids is 2. The number of carbonyl (C=O) groups is 2. The molecule has 2 fully saturated rings. The van der Waals surface area contributed by atoms with Crippen molar-refractivity contribution < 1.29 is 9.59 Å². The van der Waals surface area contributed by atoms with Crippen LogP contribution in [-0.4, -0.2) is 53.6 Å². The Bertz CT molecular complexity index is 859. The summed E-state index contributed by atoms with van der Waals surface area (Å²) in [6.45, 7) is 3.78. The zero-order valence-electron chi connectivity index (χ0n) is 16.5. The van der Waals surface area contributed by atoms with Gasteiger partial charge in [0.25, 0.3) is 5.91 Å². The first kappa shape index (κ1) is 19.8. The first-order valence-electron chi connectivity index (χ1n) is 10.2. The van der Waals surface area contributed by atoms with Gasteiger partial charge < -0.3 is 15.1 Å². The van der Waals surface area contributed by atoms with E-state index in [4.69, 9.17) is 0 Å². The Labute approximate surface area is 175 Å². The van der Waals surface area contributed by atoms with Crippen LogP contribution >= 0.6 is 11.8 Å². The van der Waals surface area contributed by atoms with Gasteiger partial charge in [-0.1, -0.05) is 12.1 Å². The summed E-state index contributed by atoms with van der Waals surface area (Å²) in [6.07, 6.45) is 6.28. The van der Waals surface area contributed by atoms with Gasteiger partial charge in [0.1, 0.15) is 5.82 Å². The predicted octanol–water partition coefficient (Wildman–Crippen LogP) is 3.65. The smallest absolute Gasteiger partial charge is 0.256 e. The van der Waals surface area contributed by atoms with Crippen molar-refractivity contribution in [2.45, 2.75) is 30.6 Å². The van der Waals surface area contributed by atoms with Gasteiger partial charge in [-0.25, -0.2) is 4.98 Å². The first-order valence-corrected chi connectivity index (χ1v) is 11.2. The molecular formula is C22H26N4O2S. The molecule has 1 aromatic heterocycles. The van der Waals surface area contributed by atoms with Crippen molar-refractivity contribution in [1.29, 1.82) is 0 Å². The number of anilines is 2. The summed E-state index contributed by atoms with van der Waals surface area (Å²) in [5, 5.41) is 2.93. The number of rotatable bonds is 6. The fourth-order valence-electron chi connectivity index (χ4n) is 3.77. The minimum Gasteiger partial charge on any atom is -0.357 e. The van der Waals surface area contributed by atoms with E-state index in [2.05, 4.69) is 15.2 Å². The molecule has 152 valence electrons. The number of nitrogens with zero attached hydrogens (tertiary/aromatic N) is 3. The summed E-state index contributed by atoms with van der Waals surface area (Å²) in [7, 11) is 0. The Morgan fingerprint density at radius 3 is 2.41 bits per heavy atom. The Morgan fingerprint density at radius 1 is 0.966 bits per heavy atom. The molecule has 0 saturated carbocycles. The van der Waals surface area contributed by atoms with Crippen molar-refractivity contribution >= 4 is 35.1 Å². The highest BCUT2D eigenvalue weighted by Gasteiger charge is 2.19. The molecule has 0 bridgehead atoms. The summed E-state index contributed by atoms with van der Waals surface area (Å²) in [6, 6.07) is 11.3. The van der Waals surface area contributed by atoms with Crippen LogP contribution in [-0.2, 0) is 4.79 Å². The van der Waals surface area contributed by atoms with Gasteiger partial charge in [-0.05, 0) is 49.9 Å². The summed E-state index contributed by atoms with van der Waals surface area (Å²) >= 11 is 1.43. The topological polar surface area (TPSA) is 65.5 Å². The van der Waals surface area contributed by atoms with E-state index in [1.54, 1.807) is 12.3 Å². The van der Waals surface area contributed by atoms with Crippen LogP contribution in [0.4, 0.5) is 11.5 Å². The summed E-state index contributed by atoms with van der Waals surface area (Å²) in [4.78, 5) is 34.6. The Kier molecular flexibility index (Phi) is 6.34. The third-order valence-electron chi connectivity index (χ3n) is 5.38. The fourth-order valence-corrected chi connectivity index (χ4v) is 4.72. The maximum absolute atomic E-state index is 12.8. The molecule has 6 nitrogen and oxygen atoms in total. The van der Waals surface area contributed by atoms with E-state index in [9.17, 15) is 9.59 Å². The van der Waals surface area contributed by atoms with E-state index in [0.29, 0.717) is 17.0 Å². The van der Waals surface area contributed by atoms with Crippen LogP contribution in [0, 0.1) is 0 Å². The van der Waals surface area contributed by atoms with Gasteiger partial charge in [-0.3, -0.25) is 9.59 Å². The van der Waals surface area contributed by atoms with Crippen LogP contribution in [0.1, 0.15) is 36.0 Å². The molecule has 29 heavy (non-hydrogen) atoms. The molecule has 2 saturated heterocycles. The van der Waals surface area contributed by atoms with E-state index >= 15 is 0 Å². The predicted molar refractivity (Wildman–Crippen MR) is 117 cm³/mol. The van der Waals surface area contributed by atoms with Crippen molar-refractivity contribution in [1.82, 2.24) is 9.88 Å². The number of benzene rings is 1. The zero-order chi connectivity index (χ0) is 20.1. The van der Waals surface area contributed by atoms with Crippen LogP contribution < -0.4 is 10.2 Å². The largest absolute Gasteiger partial charge is 0.357 e. The fraction of sp³-hybridized carbons (Fsp3) is 0.409. The van der Waals surface area contributed by atoms with Crippen molar-refractivity contribution in [3.8, 4) is 0 Å². The highest BCUT2D eigenvalue weighted by molar-refractivity contribution is 8.00. The molecule has 0 aliphatic carbocycles. The van der Waals surface area contributed by atoms with E-state index in [0.717, 1.165) is 49.7 Å². The van der Waals surface area contributed by atoms with Crippen molar-refractivity contribution in [3.05, 3.63) is 48.2 Å². The highest BCUT2D eigenvalue weighted by atomic mass is 32.2. The minimum atomic E-state index is -0.183. The number of pyridine rings is 1. The Hall–Kier alpha value is -2.54. The molecule has 0 spiro atoms. The molecule has 7 heteroatoms. The van der Waals surface area contributed by atoms with E-state index in [1.807, 2.05) is 35.2 Å². The van der Waals surface area contributed by atoms with Crippen LogP contribution in [0.3, 0.4) is 0 Å². The van der Waals surface area contributed by atoms with Gasteiger partial charge in [0, 0.05) is 31.1 Å². The normalized spacial score (nSPS) is 16.3. The van der Waals surface area contributed by atoms with Crippen molar-refractivity contribution in [2.75, 3.05) is 42.1 Å². The Morgan fingerprint density at radius 2 is 1.69 bits per heavy atom. The van der Waals surface area contributed by atoms with Gasteiger partial charge in [0.05, 0.1) is 23.2 Å². The molecule has 1 aromatic carbocycles. The second-order valence-electron chi connectivity index (χ2n) is 7.43. The molecule has 0 unspecified atom stereocenters. The van der Waals surface area contributed by atoms with Gasteiger partial charge in [0.2, 0.25) is 5.91 Å². The minimum absolute atomic E-state index is 0.143. The molecule has 2 aromatic rings. The summed E-state index contributed by atoms with van der Waals surface area (Å²) in [5.41, 5.74) is 1.25. The zero-order valence-corrected chi connectivity index (χ0v) is 17.3. The highest BCUT2D eigenvalue weighted by Crippen LogP contribution is 2.25. The lowest BCUT2D eigenvalue weighted by Gasteiger charge is -2.17. The monoisotopic (exact) mass is 410 g/mol. The van der Waals surface area contributed by atoms with Gasteiger partial charge in [-0.2, -0.15) is 0 Å². The maximum Gasteiger partial charge on any atom is 0.256 e. The van der Waals surface area contributed by atoms with Gasteiger partial charge in [0.15, 0.2) is 0 Å². The number of likely N-dealkylation sites (tertiary alicyclic amines) is 1. The van der Waals surface area contributed by atoms with E-state index < -0.39 is 0 Å². The van der Waals surface area contributed by atoms with Crippen LogP contribution in [0.5, 0.6) is 0 Å². The molecule has 1 N–H and O–H groups in total. The number of thioether (sulfide) groups is 1. The van der Waals surface area contributed by atoms with Gasteiger partial charge in [-0.15, -0.1) is 11.8 Å². The molecule has 0 radical (unpaired) electrons. The average Bonchev–Trinajstić information content (AvgIpc) is 3.47. The van der Waals surface area contributed by atoms with Gasteiger partial charge >= 0.3 is 0 Å². The standard InChI is InChI=1S/C22H26N4O2S/c27-21(26-13-5-6-14-26)16-29-19-8-2-1-7-18(19)22(28)24-17-9-10-20(23-15-17)25-11-3-4-12-25/h1-2,7-10,15H,3-6,11-14,16H2,(H,24,28). The number of nitrogens with one attached hydrogen (secondary N) is 1. The molecule has 2 aliphatic heterocycles. The second-order valence-corrected chi connectivity index (χ2v) is 8.44. The van der Waals surface area contributed by atoms with Crippen LogP contribution in [0.25, 0.3) is 0 Å². The lowest BCUT2D eigenvalue weighted by molar-refractivity contribution is -0.127. The third-order valence-corrected chi connectivity index (χ3v) is 6.44. The summed E-state index contributed by atoms with van der Waals surface area (Å²) in [5.74, 6) is 1.27. The van der Waals surface area contributed by atoms with E-state index in [-0.39, 0.29) is 11.8 Å². The third kappa shape index (κ3) is 4.90. The molecular weight excluding hydrogens is 384 g/mol. The molecule has 2 amide bonds. The molecule has 2 aliphatic rings. The SMILES string of the molecule is O=C(Nc1ccc(N2CCCC2)nc1)c1ccccc1SCC(=O)N1CCCC1. The number of hydrogen-bond acceptors (Lipinski definition) is 5. The van der Waals surface area contributed by atoms with E-state index in [1.165, 1.54) is 24.6 Å². The number of hydrogen-bond donors (Lipinski definition) is 1. The average molecular weight is 411 g/mol. The molecule has 4 rings (SSSR count).